The topological polar surface area (TPSA) is 17.1 Å². The molecule has 1 aromatic carbocycles. The minimum absolute atomic E-state index is 0.193. The third kappa shape index (κ3) is 3.10. The molecule has 0 atom stereocenters. The van der Waals surface area contributed by atoms with Crippen molar-refractivity contribution in [3.63, 3.8) is 0 Å². The molecule has 0 saturated heterocycles. The van der Waals surface area contributed by atoms with Crippen LogP contribution in [0.5, 0.6) is 0 Å². The molecule has 14 heavy (non-hydrogen) atoms. The van der Waals surface area contributed by atoms with E-state index in [0.717, 1.165) is 22.9 Å². The lowest BCUT2D eigenvalue weighted by Gasteiger charge is -2.04. The van der Waals surface area contributed by atoms with Crippen LogP contribution in [0.25, 0.3) is 0 Å². The lowest BCUT2D eigenvalue weighted by molar-refractivity contribution is 0.0981. The molecule has 3 heteroatoms. The van der Waals surface area contributed by atoms with Gasteiger partial charge in [0.15, 0.2) is 5.78 Å². The second-order valence-electron chi connectivity index (χ2n) is 3.17. The second kappa shape index (κ2) is 5.52. The molecule has 0 N–H and O–H groups in total. The molecular formula is C11H12BrClO. The van der Waals surface area contributed by atoms with Crippen molar-refractivity contribution in [2.24, 2.45) is 0 Å². The number of aryl methyl sites for hydroxylation is 1. The third-order valence-corrected chi connectivity index (χ3v) is 2.82. The van der Waals surface area contributed by atoms with E-state index < -0.39 is 0 Å². The average molecular weight is 276 g/mol. The Hall–Kier alpha value is -0.340. The van der Waals surface area contributed by atoms with Gasteiger partial charge in [0.1, 0.15) is 0 Å². The van der Waals surface area contributed by atoms with Gasteiger partial charge in [0.2, 0.25) is 0 Å². The molecule has 0 aromatic heterocycles. The van der Waals surface area contributed by atoms with Gasteiger partial charge in [-0.25, -0.2) is 0 Å². The molecule has 0 bridgehead atoms. The third-order valence-electron chi connectivity index (χ3n) is 2.03. The van der Waals surface area contributed by atoms with E-state index in [9.17, 15) is 4.79 Å². The summed E-state index contributed by atoms with van der Waals surface area (Å²) in [6.45, 7) is 1.91. The van der Waals surface area contributed by atoms with Gasteiger partial charge in [0.05, 0.1) is 0 Å². The second-order valence-corrected chi connectivity index (χ2v) is 4.40. The molecule has 0 unspecified atom stereocenters. The van der Waals surface area contributed by atoms with Crippen LogP contribution < -0.4 is 0 Å². The normalized spacial score (nSPS) is 10.2. The van der Waals surface area contributed by atoms with Gasteiger partial charge in [-0.05, 0) is 37.1 Å². The highest BCUT2D eigenvalue weighted by molar-refractivity contribution is 9.09. The van der Waals surface area contributed by atoms with Crippen molar-refractivity contribution in [2.75, 3.05) is 5.33 Å². The fourth-order valence-electron chi connectivity index (χ4n) is 1.30. The highest BCUT2D eigenvalue weighted by atomic mass is 79.9. The maximum absolute atomic E-state index is 11.7. The van der Waals surface area contributed by atoms with E-state index >= 15 is 0 Å². The Morgan fingerprint density at radius 1 is 1.50 bits per heavy atom. The zero-order chi connectivity index (χ0) is 10.6. The Kier molecular flexibility index (Phi) is 4.63. The summed E-state index contributed by atoms with van der Waals surface area (Å²) >= 11 is 9.11. The lowest BCUT2D eigenvalue weighted by Crippen LogP contribution is -2.01. The number of hydrogen-bond donors (Lipinski definition) is 0. The molecule has 1 rings (SSSR count). The number of halogens is 2. The predicted molar refractivity (Wildman–Crippen MR) is 63.5 cm³/mol. The van der Waals surface area contributed by atoms with Gasteiger partial charge >= 0.3 is 0 Å². The quantitative estimate of drug-likeness (QED) is 0.599. The molecule has 0 heterocycles. The predicted octanol–water partition coefficient (Wildman–Crippen LogP) is 4.01. The molecule has 0 spiro atoms. The molecule has 0 aliphatic carbocycles. The number of hydrogen-bond acceptors (Lipinski definition) is 1. The largest absolute Gasteiger partial charge is 0.294 e. The van der Waals surface area contributed by atoms with Crippen molar-refractivity contribution in [3.05, 3.63) is 34.3 Å². The Balaban J connectivity index is 2.80. The SMILES string of the molecule is Cc1cc(Cl)ccc1C(=O)CCCBr. The van der Waals surface area contributed by atoms with Crippen LogP contribution in [0.3, 0.4) is 0 Å². The van der Waals surface area contributed by atoms with Crippen LogP contribution in [-0.2, 0) is 0 Å². The minimum Gasteiger partial charge on any atom is -0.294 e. The van der Waals surface area contributed by atoms with Crippen molar-refractivity contribution in [1.82, 2.24) is 0 Å². The highest BCUT2D eigenvalue weighted by Gasteiger charge is 2.08. The number of ketones is 1. The maximum atomic E-state index is 11.7. The summed E-state index contributed by atoms with van der Waals surface area (Å²) in [5.74, 6) is 0.193. The van der Waals surface area contributed by atoms with Gasteiger partial charge in [0, 0.05) is 22.3 Å². The Morgan fingerprint density at radius 2 is 2.21 bits per heavy atom. The fraction of sp³-hybridized carbons (Fsp3) is 0.364. The van der Waals surface area contributed by atoms with Gasteiger partial charge in [-0.15, -0.1) is 0 Å². The van der Waals surface area contributed by atoms with Gasteiger partial charge in [0.25, 0.3) is 0 Å². The fourth-order valence-corrected chi connectivity index (χ4v) is 1.81. The summed E-state index contributed by atoms with van der Waals surface area (Å²) in [6, 6.07) is 5.38. The summed E-state index contributed by atoms with van der Waals surface area (Å²) in [5.41, 5.74) is 1.74. The molecule has 0 aliphatic rings. The van der Waals surface area contributed by atoms with Crippen LogP contribution in [0.4, 0.5) is 0 Å². The van der Waals surface area contributed by atoms with Crippen molar-refractivity contribution < 1.29 is 4.79 Å². The molecule has 0 radical (unpaired) electrons. The maximum Gasteiger partial charge on any atom is 0.163 e. The van der Waals surface area contributed by atoms with Crippen molar-refractivity contribution >= 4 is 33.3 Å². The van der Waals surface area contributed by atoms with Crippen LogP contribution in [-0.4, -0.2) is 11.1 Å². The van der Waals surface area contributed by atoms with E-state index in [-0.39, 0.29) is 5.78 Å². The Morgan fingerprint density at radius 3 is 2.79 bits per heavy atom. The van der Waals surface area contributed by atoms with Crippen molar-refractivity contribution in [3.8, 4) is 0 Å². The molecule has 76 valence electrons. The molecule has 1 nitrogen and oxygen atoms in total. The summed E-state index contributed by atoms with van der Waals surface area (Å²) in [7, 11) is 0. The first-order valence-corrected chi connectivity index (χ1v) is 6.00. The van der Waals surface area contributed by atoms with Gasteiger partial charge in [-0.1, -0.05) is 27.5 Å². The minimum atomic E-state index is 0.193. The zero-order valence-corrected chi connectivity index (χ0v) is 10.4. The number of rotatable bonds is 4. The van der Waals surface area contributed by atoms with Crippen molar-refractivity contribution in [2.45, 2.75) is 19.8 Å². The number of carbonyl (C=O) groups is 1. The lowest BCUT2D eigenvalue weighted by atomic mass is 10.0. The first-order valence-electron chi connectivity index (χ1n) is 4.50. The molecule has 0 amide bonds. The monoisotopic (exact) mass is 274 g/mol. The van der Waals surface area contributed by atoms with Crippen LogP contribution in [0.1, 0.15) is 28.8 Å². The van der Waals surface area contributed by atoms with Gasteiger partial charge < -0.3 is 0 Å². The number of alkyl halides is 1. The van der Waals surface area contributed by atoms with Crippen LogP contribution in [0.15, 0.2) is 18.2 Å². The van der Waals surface area contributed by atoms with Crippen LogP contribution in [0, 0.1) is 6.92 Å². The average Bonchev–Trinajstić information content (AvgIpc) is 2.14. The van der Waals surface area contributed by atoms with E-state index in [1.54, 1.807) is 12.1 Å². The van der Waals surface area contributed by atoms with Gasteiger partial charge in [-0.2, -0.15) is 0 Å². The number of Topliss-reactive ketones (excluding diaryl/α,β-unsaturated/α-hetero) is 1. The van der Waals surface area contributed by atoms with E-state index in [1.807, 2.05) is 13.0 Å². The molecular weight excluding hydrogens is 263 g/mol. The van der Waals surface area contributed by atoms with E-state index in [0.29, 0.717) is 11.4 Å². The smallest absolute Gasteiger partial charge is 0.163 e. The van der Waals surface area contributed by atoms with Crippen LogP contribution >= 0.6 is 27.5 Å². The number of benzene rings is 1. The summed E-state index contributed by atoms with van der Waals surface area (Å²) in [6.07, 6.45) is 1.47. The molecule has 1 aromatic rings. The van der Waals surface area contributed by atoms with E-state index in [1.165, 1.54) is 0 Å². The van der Waals surface area contributed by atoms with Gasteiger partial charge in [-0.3, -0.25) is 4.79 Å². The first kappa shape index (κ1) is 11.7. The first-order chi connectivity index (χ1) is 6.65. The Bertz CT molecular complexity index is 336. The number of carbonyl (C=O) groups excluding carboxylic acids is 1. The highest BCUT2D eigenvalue weighted by Crippen LogP contribution is 2.17. The van der Waals surface area contributed by atoms with Crippen LogP contribution in [0.2, 0.25) is 5.02 Å². The summed E-state index contributed by atoms with van der Waals surface area (Å²) in [4.78, 5) is 11.7. The van der Waals surface area contributed by atoms with E-state index in [2.05, 4.69) is 15.9 Å². The molecule has 0 aliphatic heterocycles. The van der Waals surface area contributed by atoms with E-state index in [4.69, 9.17) is 11.6 Å². The summed E-state index contributed by atoms with van der Waals surface area (Å²) in [5, 5.41) is 1.55. The summed E-state index contributed by atoms with van der Waals surface area (Å²) < 4.78 is 0. The molecule has 0 saturated carbocycles. The zero-order valence-electron chi connectivity index (χ0n) is 8.02. The van der Waals surface area contributed by atoms with Crippen molar-refractivity contribution in [1.29, 1.82) is 0 Å². The standard InChI is InChI=1S/C11H12BrClO/c1-8-7-9(13)4-5-10(8)11(14)3-2-6-12/h4-5,7H,2-3,6H2,1H3. The molecule has 0 fully saturated rings. The Labute approximate surface area is 97.6 Å².